The maximum Gasteiger partial charge on any atom is 0.309 e. The van der Waals surface area contributed by atoms with Gasteiger partial charge in [0.25, 0.3) is 0 Å². The zero-order valence-electron chi connectivity index (χ0n) is 14.6. The first-order chi connectivity index (χ1) is 12.5. The van der Waals surface area contributed by atoms with Crippen molar-refractivity contribution >= 4 is 34.0 Å². The van der Waals surface area contributed by atoms with Gasteiger partial charge in [-0.2, -0.15) is 0 Å². The number of benzene rings is 1. The van der Waals surface area contributed by atoms with Gasteiger partial charge < -0.3 is 15.8 Å². The van der Waals surface area contributed by atoms with Crippen LogP contribution in [0.25, 0.3) is 0 Å². The van der Waals surface area contributed by atoms with E-state index in [0.717, 1.165) is 16.0 Å². The predicted octanol–water partition coefficient (Wildman–Crippen LogP) is 2.07. The van der Waals surface area contributed by atoms with E-state index in [4.69, 9.17) is 10.5 Å². The lowest BCUT2D eigenvalue weighted by molar-refractivity contribution is -0.145. The Bertz CT molecular complexity index is 888. The first-order valence-electron chi connectivity index (χ1n) is 8.28. The number of rotatable bonds is 5. The minimum atomic E-state index is -0.353. The van der Waals surface area contributed by atoms with E-state index in [2.05, 4.69) is 5.32 Å². The average molecular weight is 372 g/mol. The average Bonchev–Trinajstić information content (AvgIpc) is 3.18. The van der Waals surface area contributed by atoms with Crippen molar-refractivity contribution in [2.75, 3.05) is 19.0 Å². The molecule has 0 saturated carbocycles. The lowest BCUT2D eigenvalue weighted by Gasteiger charge is -2.11. The van der Waals surface area contributed by atoms with E-state index in [0.29, 0.717) is 29.0 Å². The third-order valence-corrected chi connectivity index (χ3v) is 5.73. The number of amides is 1. The van der Waals surface area contributed by atoms with Crippen molar-refractivity contribution in [2.24, 2.45) is 11.7 Å². The number of anilines is 1. The molecule has 0 radical (unpaired) electrons. The van der Waals surface area contributed by atoms with Crippen molar-refractivity contribution < 1.29 is 19.1 Å². The Labute approximate surface area is 155 Å². The molecule has 0 aliphatic heterocycles. The monoisotopic (exact) mass is 372 g/mol. The smallest absolute Gasteiger partial charge is 0.309 e. The van der Waals surface area contributed by atoms with E-state index >= 15 is 0 Å². The normalized spacial score (nSPS) is 15.4. The quantitative estimate of drug-likeness (QED) is 0.618. The number of aryl methyl sites for hydroxylation is 1. The summed E-state index contributed by atoms with van der Waals surface area (Å²) in [5.74, 6) is -1.08. The molecule has 0 fully saturated rings. The third kappa shape index (κ3) is 3.27. The Morgan fingerprint density at radius 2 is 2.00 bits per heavy atom. The summed E-state index contributed by atoms with van der Waals surface area (Å²) in [6.07, 6.45) is 0.948. The van der Waals surface area contributed by atoms with Gasteiger partial charge in [-0.1, -0.05) is 24.3 Å². The van der Waals surface area contributed by atoms with Crippen LogP contribution in [-0.2, 0) is 27.2 Å². The van der Waals surface area contributed by atoms with Gasteiger partial charge in [-0.25, -0.2) is 0 Å². The van der Waals surface area contributed by atoms with Crippen LogP contribution in [0.3, 0.4) is 0 Å². The van der Waals surface area contributed by atoms with E-state index in [1.165, 1.54) is 18.4 Å². The molecule has 1 atom stereocenters. The minimum absolute atomic E-state index is 0.154. The molecular formula is C19H20N2O4S. The number of esters is 1. The van der Waals surface area contributed by atoms with Gasteiger partial charge >= 0.3 is 5.97 Å². The highest BCUT2D eigenvalue weighted by molar-refractivity contribution is 7.17. The third-order valence-electron chi connectivity index (χ3n) is 4.56. The van der Waals surface area contributed by atoms with E-state index in [-0.39, 0.29) is 30.1 Å². The zero-order valence-corrected chi connectivity index (χ0v) is 15.4. The first kappa shape index (κ1) is 18.3. The zero-order chi connectivity index (χ0) is 18.8. The molecule has 0 spiro atoms. The number of fused-ring (bicyclic) bond motifs is 1. The van der Waals surface area contributed by atoms with Gasteiger partial charge in [0.05, 0.1) is 25.1 Å². The van der Waals surface area contributed by atoms with Crippen molar-refractivity contribution in [2.45, 2.75) is 19.8 Å². The number of carbonyl (C=O) groups excluding carboxylic acids is 3. The molecule has 1 heterocycles. The number of nitrogens with two attached hydrogens (primary N) is 1. The Hall–Kier alpha value is -2.51. The largest absolute Gasteiger partial charge is 0.469 e. The van der Waals surface area contributed by atoms with Gasteiger partial charge in [0.1, 0.15) is 5.00 Å². The second-order valence-corrected chi connectivity index (χ2v) is 7.34. The number of thiophene rings is 1. The number of methoxy groups -OCH3 is 1. The molecule has 1 aliphatic carbocycles. The van der Waals surface area contributed by atoms with Crippen LogP contribution in [0.2, 0.25) is 0 Å². The first-order valence-corrected chi connectivity index (χ1v) is 9.10. The molecule has 26 heavy (non-hydrogen) atoms. The van der Waals surface area contributed by atoms with Crippen LogP contribution >= 0.6 is 11.3 Å². The maximum absolute atomic E-state index is 13.2. The SMILES string of the molecule is COC(=O)C1Cc2sc(NC(=O)CN)c(C(=O)c3ccccc3C)c2C1. The molecule has 3 rings (SSSR count). The van der Waals surface area contributed by atoms with Crippen LogP contribution in [0.5, 0.6) is 0 Å². The molecule has 1 aliphatic rings. The molecule has 1 aromatic heterocycles. The maximum atomic E-state index is 13.2. The molecule has 1 amide bonds. The van der Waals surface area contributed by atoms with Crippen molar-refractivity contribution in [3.63, 3.8) is 0 Å². The summed E-state index contributed by atoms with van der Waals surface area (Å²) in [6, 6.07) is 7.31. The van der Waals surface area contributed by atoms with Gasteiger partial charge in [-0.3, -0.25) is 14.4 Å². The van der Waals surface area contributed by atoms with Gasteiger partial charge in [0.2, 0.25) is 5.91 Å². The molecule has 0 saturated heterocycles. The molecule has 3 N–H and O–H groups in total. The fraction of sp³-hybridized carbons (Fsp3) is 0.316. The van der Waals surface area contributed by atoms with E-state index in [1.54, 1.807) is 6.07 Å². The van der Waals surface area contributed by atoms with Crippen LogP contribution in [-0.4, -0.2) is 31.3 Å². The van der Waals surface area contributed by atoms with Crippen LogP contribution < -0.4 is 11.1 Å². The van der Waals surface area contributed by atoms with E-state index in [1.807, 2.05) is 25.1 Å². The van der Waals surface area contributed by atoms with Crippen LogP contribution in [0.1, 0.15) is 31.9 Å². The number of ketones is 1. The fourth-order valence-electron chi connectivity index (χ4n) is 3.24. The molecule has 7 heteroatoms. The lowest BCUT2D eigenvalue weighted by Crippen LogP contribution is -2.23. The van der Waals surface area contributed by atoms with Crippen molar-refractivity contribution in [3.8, 4) is 0 Å². The molecule has 136 valence electrons. The Balaban J connectivity index is 2.05. The summed E-state index contributed by atoms with van der Waals surface area (Å²) < 4.78 is 4.85. The summed E-state index contributed by atoms with van der Waals surface area (Å²) in [7, 11) is 1.36. The molecule has 0 bridgehead atoms. The molecular weight excluding hydrogens is 352 g/mol. The topological polar surface area (TPSA) is 98.5 Å². The predicted molar refractivity (Wildman–Crippen MR) is 99.5 cm³/mol. The number of hydrogen-bond donors (Lipinski definition) is 2. The number of ether oxygens (including phenoxy) is 1. The summed E-state index contributed by atoms with van der Waals surface area (Å²) in [4.78, 5) is 37.9. The van der Waals surface area contributed by atoms with Gasteiger partial charge in [0.15, 0.2) is 5.78 Å². The molecule has 1 aromatic carbocycles. The van der Waals surface area contributed by atoms with E-state index in [9.17, 15) is 14.4 Å². The number of carbonyl (C=O) groups is 3. The van der Waals surface area contributed by atoms with Crippen LogP contribution in [0.4, 0.5) is 5.00 Å². The molecule has 2 aromatic rings. The number of hydrogen-bond acceptors (Lipinski definition) is 6. The highest BCUT2D eigenvalue weighted by Crippen LogP contribution is 2.42. The molecule has 6 nitrogen and oxygen atoms in total. The highest BCUT2D eigenvalue weighted by atomic mass is 32.1. The summed E-state index contributed by atoms with van der Waals surface area (Å²) in [5.41, 5.74) is 8.13. The van der Waals surface area contributed by atoms with Crippen LogP contribution in [0.15, 0.2) is 24.3 Å². The van der Waals surface area contributed by atoms with Crippen molar-refractivity contribution in [1.29, 1.82) is 0 Å². The van der Waals surface area contributed by atoms with Gasteiger partial charge in [0, 0.05) is 10.4 Å². The van der Waals surface area contributed by atoms with Crippen molar-refractivity contribution in [3.05, 3.63) is 51.4 Å². The Morgan fingerprint density at radius 3 is 2.65 bits per heavy atom. The second-order valence-electron chi connectivity index (χ2n) is 6.23. The van der Waals surface area contributed by atoms with Crippen molar-refractivity contribution in [1.82, 2.24) is 0 Å². The summed E-state index contributed by atoms with van der Waals surface area (Å²) in [6.45, 7) is 1.71. The highest BCUT2D eigenvalue weighted by Gasteiger charge is 2.36. The Kier molecular flexibility index (Phi) is 5.20. The van der Waals surface area contributed by atoms with Crippen LogP contribution in [0, 0.1) is 12.8 Å². The second kappa shape index (κ2) is 7.39. The molecule has 1 unspecified atom stereocenters. The minimum Gasteiger partial charge on any atom is -0.469 e. The van der Waals surface area contributed by atoms with Gasteiger partial charge in [-0.15, -0.1) is 11.3 Å². The van der Waals surface area contributed by atoms with E-state index < -0.39 is 0 Å². The number of nitrogens with one attached hydrogen (secondary N) is 1. The standard InChI is InChI=1S/C19H20N2O4S/c1-10-5-3-4-6-12(10)17(23)16-13-7-11(19(24)25-2)8-14(13)26-18(16)21-15(22)9-20/h3-6,11H,7-9,20H2,1-2H3,(H,21,22). The Morgan fingerprint density at radius 1 is 1.27 bits per heavy atom. The van der Waals surface area contributed by atoms with Gasteiger partial charge in [-0.05, 0) is 30.9 Å². The lowest BCUT2D eigenvalue weighted by atomic mass is 9.96. The summed E-state index contributed by atoms with van der Waals surface area (Å²) in [5, 5.41) is 3.24. The summed E-state index contributed by atoms with van der Waals surface area (Å²) >= 11 is 1.34. The fourth-order valence-corrected chi connectivity index (χ4v) is 4.56.